The molecule has 0 saturated carbocycles. The third-order valence-electron chi connectivity index (χ3n) is 2.69. The molecule has 2 nitrogen and oxygen atoms in total. The number of benzene rings is 1. The van der Waals surface area contributed by atoms with Gasteiger partial charge >= 0.3 is 0 Å². The van der Waals surface area contributed by atoms with Gasteiger partial charge in [-0.3, -0.25) is 4.79 Å². The summed E-state index contributed by atoms with van der Waals surface area (Å²) >= 11 is 9.52. The monoisotopic (exact) mass is 317 g/mol. The van der Waals surface area contributed by atoms with Gasteiger partial charge < -0.3 is 5.32 Å². The molecule has 1 N–H and O–H groups in total. The number of halogens is 2. The van der Waals surface area contributed by atoms with Crippen LogP contribution >= 0.6 is 27.5 Å². The predicted molar refractivity (Wildman–Crippen MR) is 76.1 cm³/mol. The minimum Gasteiger partial charge on any atom is -0.351 e. The van der Waals surface area contributed by atoms with Crippen LogP contribution in [0.25, 0.3) is 0 Å². The van der Waals surface area contributed by atoms with E-state index in [0.29, 0.717) is 23.0 Å². The van der Waals surface area contributed by atoms with Gasteiger partial charge in [-0.2, -0.15) is 0 Å². The van der Waals surface area contributed by atoms with E-state index in [1.165, 1.54) is 0 Å². The summed E-state index contributed by atoms with van der Waals surface area (Å²) < 4.78 is 0. The molecule has 94 valence electrons. The van der Waals surface area contributed by atoms with Crippen LogP contribution in [-0.4, -0.2) is 17.3 Å². The normalized spacial score (nSPS) is 12.6. The molecule has 1 atom stereocenters. The van der Waals surface area contributed by atoms with E-state index in [2.05, 4.69) is 35.1 Å². The summed E-state index contributed by atoms with van der Waals surface area (Å²) in [6, 6.07) is 5.36. The van der Waals surface area contributed by atoms with Crippen LogP contribution in [0, 0.1) is 12.8 Å². The number of nitrogens with one attached hydrogen (secondary N) is 1. The molecule has 0 fully saturated rings. The van der Waals surface area contributed by atoms with E-state index >= 15 is 0 Å². The van der Waals surface area contributed by atoms with Crippen molar-refractivity contribution < 1.29 is 4.79 Å². The zero-order valence-electron chi connectivity index (χ0n) is 10.3. The van der Waals surface area contributed by atoms with Gasteiger partial charge in [0.2, 0.25) is 0 Å². The van der Waals surface area contributed by atoms with Crippen molar-refractivity contribution >= 4 is 33.4 Å². The molecule has 0 radical (unpaired) electrons. The van der Waals surface area contributed by atoms with Gasteiger partial charge in [-0.1, -0.05) is 47.4 Å². The number of hydrogen-bond acceptors (Lipinski definition) is 1. The maximum atomic E-state index is 12.0. The lowest BCUT2D eigenvalue weighted by Crippen LogP contribution is -2.32. The lowest BCUT2D eigenvalue weighted by Gasteiger charge is -2.15. The molecular formula is C13H17BrClNO. The molecule has 0 aromatic heterocycles. The highest BCUT2D eigenvalue weighted by atomic mass is 79.9. The number of rotatable bonds is 4. The van der Waals surface area contributed by atoms with E-state index in [-0.39, 0.29) is 10.7 Å². The fraction of sp³-hybridized carbons (Fsp3) is 0.462. The van der Waals surface area contributed by atoms with Crippen LogP contribution in [0.3, 0.4) is 0 Å². The first kappa shape index (κ1) is 14.5. The summed E-state index contributed by atoms with van der Waals surface area (Å²) in [5.74, 6) is 0.408. The van der Waals surface area contributed by atoms with Crippen molar-refractivity contribution in [1.29, 1.82) is 0 Å². The molecule has 1 rings (SSSR count). The highest BCUT2D eigenvalue weighted by Gasteiger charge is 2.14. The first-order valence-corrected chi connectivity index (χ1v) is 6.90. The molecule has 0 bridgehead atoms. The summed E-state index contributed by atoms with van der Waals surface area (Å²) in [6.45, 7) is 6.68. The van der Waals surface area contributed by atoms with Crippen LogP contribution in [0.5, 0.6) is 0 Å². The topological polar surface area (TPSA) is 29.1 Å². The van der Waals surface area contributed by atoms with Gasteiger partial charge in [-0.15, -0.1) is 0 Å². The molecule has 0 spiro atoms. The smallest absolute Gasteiger partial charge is 0.251 e. The van der Waals surface area contributed by atoms with Gasteiger partial charge in [-0.05, 0) is 30.5 Å². The van der Waals surface area contributed by atoms with Gasteiger partial charge in [0.15, 0.2) is 0 Å². The molecule has 17 heavy (non-hydrogen) atoms. The zero-order chi connectivity index (χ0) is 13.0. The SMILES string of the molecule is Cc1c(Cl)cccc1C(=O)NCC(Br)C(C)C. The second kappa shape index (κ2) is 6.41. The third-order valence-corrected chi connectivity index (χ3v) is 4.48. The molecule has 1 unspecified atom stereocenters. The number of hydrogen-bond donors (Lipinski definition) is 1. The summed E-state index contributed by atoms with van der Waals surface area (Å²) in [5.41, 5.74) is 1.46. The van der Waals surface area contributed by atoms with E-state index in [4.69, 9.17) is 11.6 Å². The molecule has 0 aliphatic carbocycles. The van der Waals surface area contributed by atoms with Crippen LogP contribution in [-0.2, 0) is 0 Å². The Balaban J connectivity index is 2.68. The van der Waals surface area contributed by atoms with Gasteiger partial charge in [-0.25, -0.2) is 0 Å². The van der Waals surface area contributed by atoms with Gasteiger partial charge in [0.1, 0.15) is 0 Å². The van der Waals surface area contributed by atoms with Crippen molar-refractivity contribution in [2.75, 3.05) is 6.54 Å². The average molecular weight is 319 g/mol. The van der Waals surface area contributed by atoms with Gasteiger partial charge in [0.25, 0.3) is 5.91 Å². The second-order valence-electron chi connectivity index (χ2n) is 4.38. The van der Waals surface area contributed by atoms with E-state index < -0.39 is 0 Å². The fourth-order valence-electron chi connectivity index (χ4n) is 1.37. The largest absolute Gasteiger partial charge is 0.351 e. The molecule has 4 heteroatoms. The Bertz CT molecular complexity index is 406. The van der Waals surface area contributed by atoms with Crippen molar-refractivity contribution in [3.8, 4) is 0 Å². The Morgan fingerprint density at radius 1 is 1.47 bits per heavy atom. The molecular weight excluding hydrogens is 302 g/mol. The molecule has 1 aromatic rings. The Hall–Kier alpha value is -0.540. The second-order valence-corrected chi connectivity index (χ2v) is 5.97. The highest BCUT2D eigenvalue weighted by Crippen LogP contribution is 2.18. The maximum absolute atomic E-state index is 12.0. The molecule has 0 heterocycles. The Labute approximate surface area is 116 Å². The lowest BCUT2D eigenvalue weighted by atomic mass is 10.1. The summed E-state index contributed by atoms with van der Waals surface area (Å²) in [6.07, 6.45) is 0. The lowest BCUT2D eigenvalue weighted by molar-refractivity contribution is 0.0952. The average Bonchev–Trinajstić information content (AvgIpc) is 2.29. The summed E-state index contributed by atoms with van der Waals surface area (Å²) in [5, 5.41) is 3.53. The Morgan fingerprint density at radius 3 is 2.71 bits per heavy atom. The quantitative estimate of drug-likeness (QED) is 0.841. The van der Waals surface area contributed by atoms with E-state index in [1.807, 2.05) is 6.92 Å². The van der Waals surface area contributed by atoms with Crippen molar-refractivity contribution in [2.45, 2.75) is 25.6 Å². The first-order valence-electron chi connectivity index (χ1n) is 5.61. The van der Waals surface area contributed by atoms with Crippen LogP contribution in [0.15, 0.2) is 18.2 Å². The molecule has 0 aliphatic heterocycles. The summed E-state index contributed by atoms with van der Waals surface area (Å²) in [7, 11) is 0. The zero-order valence-corrected chi connectivity index (χ0v) is 12.6. The molecule has 0 aliphatic rings. The van der Waals surface area contributed by atoms with Gasteiger partial charge in [0, 0.05) is 22.0 Å². The third kappa shape index (κ3) is 4.00. The molecule has 0 saturated heterocycles. The predicted octanol–water partition coefficient (Wildman–Crippen LogP) is 3.80. The highest BCUT2D eigenvalue weighted by molar-refractivity contribution is 9.09. The van der Waals surface area contributed by atoms with Crippen LogP contribution in [0.2, 0.25) is 5.02 Å². The van der Waals surface area contributed by atoms with Crippen molar-refractivity contribution in [1.82, 2.24) is 5.32 Å². The number of carbonyl (C=O) groups is 1. The number of alkyl halides is 1. The fourth-order valence-corrected chi connectivity index (χ4v) is 1.71. The van der Waals surface area contributed by atoms with Crippen LogP contribution in [0.4, 0.5) is 0 Å². The van der Waals surface area contributed by atoms with Crippen molar-refractivity contribution in [2.24, 2.45) is 5.92 Å². The van der Waals surface area contributed by atoms with Crippen molar-refractivity contribution in [3.05, 3.63) is 34.3 Å². The minimum absolute atomic E-state index is 0.0740. The number of carbonyl (C=O) groups excluding carboxylic acids is 1. The Kier molecular flexibility index (Phi) is 5.47. The van der Waals surface area contributed by atoms with E-state index in [1.54, 1.807) is 18.2 Å². The molecule has 1 aromatic carbocycles. The number of amides is 1. The summed E-state index contributed by atoms with van der Waals surface area (Å²) in [4.78, 5) is 12.2. The maximum Gasteiger partial charge on any atom is 0.251 e. The van der Waals surface area contributed by atoms with Crippen molar-refractivity contribution in [3.63, 3.8) is 0 Å². The van der Waals surface area contributed by atoms with E-state index in [0.717, 1.165) is 5.56 Å². The minimum atomic E-state index is -0.0740. The Morgan fingerprint density at radius 2 is 2.12 bits per heavy atom. The van der Waals surface area contributed by atoms with E-state index in [9.17, 15) is 4.79 Å². The van der Waals surface area contributed by atoms with Crippen LogP contribution in [0.1, 0.15) is 29.8 Å². The first-order chi connectivity index (χ1) is 7.93. The van der Waals surface area contributed by atoms with Crippen LogP contribution < -0.4 is 5.32 Å². The molecule has 1 amide bonds. The standard InChI is InChI=1S/C13H17BrClNO/c1-8(2)11(14)7-16-13(17)10-5-4-6-12(15)9(10)3/h4-6,8,11H,7H2,1-3H3,(H,16,17). The van der Waals surface area contributed by atoms with Gasteiger partial charge in [0.05, 0.1) is 0 Å².